The first-order chi connectivity index (χ1) is 9.24. The molecule has 0 radical (unpaired) electrons. The molecule has 0 unspecified atom stereocenters. The number of H-pyrrole nitrogens is 1. The van der Waals surface area contributed by atoms with Crippen LogP contribution in [0.4, 0.5) is 11.5 Å². The topological polar surface area (TPSA) is 86.7 Å². The van der Waals surface area contributed by atoms with E-state index in [9.17, 15) is 5.11 Å². The Kier molecular flexibility index (Phi) is 2.85. The van der Waals surface area contributed by atoms with Crippen molar-refractivity contribution in [2.75, 3.05) is 5.32 Å². The second kappa shape index (κ2) is 4.66. The van der Waals surface area contributed by atoms with Crippen molar-refractivity contribution in [3.63, 3.8) is 0 Å². The lowest BCUT2D eigenvalue weighted by molar-refractivity contribution is 0.199. The van der Waals surface area contributed by atoms with Gasteiger partial charge < -0.3 is 10.4 Å². The first-order valence-electron chi connectivity index (χ1n) is 5.93. The number of rotatable bonds is 3. The minimum Gasteiger partial charge on any atom is -0.389 e. The number of anilines is 2. The molecule has 0 spiro atoms. The van der Waals surface area contributed by atoms with Crippen LogP contribution >= 0.6 is 0 Å². The first-order valence-corrected chi connectivity index (χ1v) is 5.93. The summed E-state index contributed by atoms with van der Waals surface area (Å²) in [6.07, 6.45) is 2.65. The van der Waals surface area contributed by atoms with Gasteiger partial charge in [-0.05, 0) is 24.6 Å². The molecule has 1 aromatic carbocycles. The molecule has 0 saturated heterocycles. The van der Waals surface area contributed by atoms with Crippen molar-refractivity contribution >= 4 is 22.5 Å². The molecular weight excluding hydrogens is 242 g/mol. The molecule has 3 N–H and O–H groups in total. The van der Waals surface area contributed by atoms with E-state index in [2.05, 4.69) is 25.5 Å². The van der Waals surface area contributed by atoms with Gasteiger partial charge in [-0.25, -0.2) is 9.97 Å². The number of hydrogen-bond acceptors (Lipinski definition) is 5. The van der Waals surface area contributed by atoms with Gasteiger partial charge in [-0.15, -0.1) is 0 Å². The number of hydrogen-bond donors (Lipinski definition) is 3. The number of aromatic nitrogens is 4. The molecule has 2 heterocycles. The molecule has 0 fully saturated rings. The van der Waals surface area contributed by atoms with Gasteiger partial charge in [0, 0.05) is 5.69 Å². The molecule has 0 aliphatic heterocycles. The summed E-state index contributed by atoms with van der Waals surface area (Å²) in [4.78, 5) is 8.28. The molecule has 0 bridgehead atoms. The number of nitrogens with one attached hydrogen (secondary N) is 2. The van der Waals surface area contributed by atoms with Crippen molar-refractivity contribution in [3.8, 4) is 0 Å². The summed E-state index contributed by atoms with van der Waals surface area (Å²) in [6, 6.07) is 7.57. The number of aliphatic hydroxyl groups excluding tert-OH is 1. The van der Waals surface area contributed by atoms with Crippen molar-refractivity contribution in [1.29, 1.82) is 0 Å². The maximum absolute atomic E-state index is 9.58. The smallest absolute Gasteiger partial charge is 0.160 e. The van der Waals surface area contributed by atoms with E-state index in [1.165, 1.54) is 6.33 Å². The quantitative estimate of drug-likeness (QED) is 0.667. The normalized spacial score (nSPS) is 12.5. The lowest BCUT2D eigenvalue weighted by Gasteiger charge is -2.09. The average molecular weight is 255 g/mol. The van der Waals surface area contributed by atoms with Crippen molar-refractivity contribution < 1.29 is 5.11 Å². The van der Waals surface area contributed by atoms with Gasteiger partial charge in [-0.1, -0.05) is 12.1 Å². The monoisotopic (exact) mass is 255 g/mol. The van der Waals surface area contributed by atoms with E-state index in [-0.39, 0.29) is 0 Å². The van der Waals surface area contributed by atoms with Crippen LogP contribution in [0.1, 0.15) is 18.6 Å². The fourth-order valence-corrected chi connectivity index (χ4v) is 1.88. The Hall–Kier alpha value is -2.47. The Morgan fingerprint density at radius 1 is 1.32 bits per heavy atom. The second-order valence-electron chi connectivity index (χ2n) is 4.28. The van der Waals surface area contributed by atoms with E-state index in [1.807, 2.05) is 24.3 Å². The minimum absolute atomic E-state index is 0.499. The highest BCUT2D eigenvalue weighted by Gasteiger charge is 2.06. The molecule has 96 valence electrons. The Morgan fingerprint density at radius 2 is 2.21 bits per heavy atom. The molecule has 19 heavy (non-hydrogen) atoms. The number of aromatic amines is 1. The van der Waals surface area contributed by atoms with E-state index in [0.717, 1.165) is 16.6 Å². The Bertz CT molecular complexity index is 707. The molecule has 0 aliphatic carbocycles. The summed E-state index contributed by atoms with van der Waals surface area (Å²) >= 11 is 0. The third-order valence-electron chi connectivity index (χ3n) is 2.88. The van der Waals surface area contributed by atoms with Crippen LogP contribution < -0.4 is 5.32 Å². The fraction of sp³-hybridized carbons (Fsp3) is 0.154. The number of fused-ring (bicyclic) bond motifs is 1. The van der Waals surface area contributed by atoms with E-state index in [4.69, 9.17) is 0 Å². The van der Waals surface area contributed by atoms with Gasteiger partial charge in [0.15, 0.2) is 5.65 Å². The van der Waals surface area contributed by atoms with Gasteiger partial charge >= 0.3 is 0 Å². The lowest BCUT2D eigenvalue weighted by Crippen LogP contribution is -1.97. The molecule has 2 aromatic heterocycles. The number of benzene rings is 1. The van der Waals surface area contributed by atoms with Crippen LogP contribution in [0.25, 0.3) is 11.0 Å². The van der Waals surface area contributed by atoms with Crippen molar-refractivity contribution in [2.24, 2.45) is 0 Å². The van der Waals surface area contributed by atoms with Gasteiger partial charge in [-0.3, -0.25) is 5.10 Å². The van der Waals surface area contributed by atoms with Crippen LogP contribution in [0.2, 0.25) is 0 Å². The Morgan fingerprint density at radius 3 is 3.05 bits per heavy atom. The van der Waals surface area contributed by atoms with Crippen LogP contribution in [0, 0.1) is 0 Å². The number of aliphatic hydroxyl groups is 1. The summed E-state index contributed by atoms with van der Waals surface area (Å²) in [5.74, 6) is 0.682. The Labute approximate surface area is 109 Å². The van der Waals surface area contributed by atoms with Crippen LogP contribution in [0.5, 0.6) is 0 Å². The summed E-state index contributed by atoms with van der Waals surface area (Å²) in [5.41, 5.74) is 2.39. The Balaban J connectivity index is 1.97. The zero-order chi connectivity index (χ0) is 13.2. The van der Waals surface area contributed by atoms with Crippen molar-refractivity contribution in [2.45, 2.75) is 13.0 Å². The van der Waals surface area contributed by atoms with Gasteiger partial charge in [0.2, 0.25) is 0 Å². The van der Waals surface area contributed by atoms with Crippen LogP contribution in [-0.2, 0) is 0 Å². The van der Waals surface area contributed by atoms with Crippen molar-refractivity contribution in [3.05, 3.63) is 42.4 Å². The minimum atomic E-state index is -0.499. The molecule has 6 nitrogen and oxygen atoms in total. The van der Waals surface area contributed by atoms with Crippen LogP contribution in [0.15, 0.2) is 36.8 Å². The van der Waals surface area contributed by atoms with E-state index in [0.29, 0.717) is 11.5 Å². The third kappa shape index (κ3) is 2.25. The summed E-state index contributed by atoms with van der Waals surface area (Å²) in [5, 5.41) is 20.4. The molecule has 3 rings (SSSR count). The average Bonchev–Trinajstić information content (AvgIpc) is 2.88. The summed E-state index contributed by atoms with van der Waals surface area (Å²) < 4.78 is 0. The molecule has 1 atom stereocenters. The molecule has 3 aromatic rings. The molecule has 0 aliphatic rings. The maximum atomic E-state index is 9.58. The predicted molar refractivity (Wildman–Crippen MR) is 72.0 cm³/mol. The third-order valence-corrected chi connectivity index (χ3v) is 2.88. The highest BCUT2D eigenvalue weighted by atomic mass is 16.3. The zero-order valence-corrected chi connectivity index (χ0v) is 10.3. The van der Waals surface area contributed by atoms with Gasteiger partial charge in [0.1, 0.15) is 12.1 Å². The van der Waals surface area contributed by atoms with E-state index >= 15 is 0 Å². The molecule has 6 heteroatoms. The maximum Gasteiger partial charge on any atom is 0.160 e. The van der Waals surface area contributed by atoms with Gasteiger partial charge in [0.05, 0.1) is 17.7 Å². The predicted octanol–water partition coefficient (Wildman–Crippen LogP) is 2.15. The summed E-state index contributed by atoms with van der Waals surface area (Å²) in [6.45, 7) is 1.73. The standard InChI is InChI=1S/C13H13N5O/c1-8(19)9-3-2-4-10(5-9)17-12-11-6-16-18-13(11)15-7-14-12/h2-8,19H,1H3,(H2,14,15,16,17,18)/t8-/m1/s1. The van der Waals surface area contributed by atoms with Gasteiger partial charge in [0.25, 0.3) is 0 Å². The van der Waals surface area contributed by atoms with E-state index in [1.54, 1.807) is 13.1 Å². The highest BCUT2D eigenvalue weighted by molar-refractivity contribution is 5.87. The van der Waals surface area contributed by atoms with E-state index < -0.39 is 6.10 Å². The number of nitrogens with zero attached hydrogens (tertiary/aromatic N) is 3. The first kappa shape index (κ1) is 11.6. The van der Waals surface area contributed by atoms with Crippen molar-refractivity contribution in [1.82, 2.24) is 20.2 Å². The fourth-order valence-electron chi connectivity index (χ4n) is 1.88. The molecule has 0 amide bonds. The molecular formula is C13H13N5O. The second-order valence-corrected chi connectivity index (χ2v) is 4.28. The van der Waals surface area contributed by atoms with Crippen LogP contribution in [-0.4, -0.2) is 25.3 Å². The molecule has 0 saturated carbocycles. The zero-order valence-electron chi connectivity index (χ0n) is 10.3. The largest absolute Gasteiger partial charge is 0.389 e. The summed E-state index contributed by atoms with van der Waals surface area (Å²) in [7, 11) is 0. The highest BCUT2D eigenvalue weighted by Crippen LogP contribution is 2.23. The SMILES string of the molecule is C[C@@H](O)c1cccc(Nc2ncnc3[nH]ncc23)c1. The van der Waals surface area contributed by atoms with Gasteiger partial charge in [-0.2, -0.15) is 5.10 Å². The lowest BCUT2D eigenvalue weighted by atomic mass is 10.1. The van der Waals surface area contributed by atoms with Crippen LogP contribution in [0.3, 0.4) is 0 Å².